The van der Waals surface area contributed by atoms with Crippen LogP contribution in [0.15, 0.2) is 33.9 Å². The van der Waals surface area contributed by atoms with E-state index in [1.165, 1.54) is 49.6 Å². The number of halogens is 2. The van der Waals surface area contributed by atoms with Gasteiger partial charge in [-0.1, -0.05) is 18.2 Å². The fraction of sp³-hybridized carbons (Fsp3) is 0.571. The molecular weight excluding hydrogens is 412 g/mol. The Labute approximate surface area is 178 Å². The normalized spacial score (nSPS) is 24.8. The molecule has 2 aliphatic carbocycles. The van der Waals surface area contributed by atoms with Gasteiger partial charge in [-0.15, -0.1) is 10.2 Å². The lowest BCUT2D eigenvalue weighted by atomic mass is 9.84. The number of amides is 1. The number of hydrogen-bond donors (Lipinski definition) is 1. The summed E-state index contributed by atoms with van der Waals surface area (Å²) in [5.41, 5.74) is 0.581. The van der Waals surface area contributed by atoms with Crippen molar-refractivity contribution in [1.82, 2.24) is 15.5 Å². The molecule has 1 aromatic heterocycles. The van der Waals surface area contributed by atoms with Gasteiger partial charge < -0.3 is 14.5 Å². The van der Waals surface area contributed by atoms with Crippen molar-refractivity contribution in [2.24, 2.45) is 17.8 Å². The van der Waals surface area contributed by atoms with Crippen molar-refractivity contribution in [1.29, 1.82) is 0 Å². The SMILES string of the molecule is CC(Sc1nnc(-c2ccc(OC(F)F)cc2)o1)C(=O)NC(C)C1CC2CCC1C2. The zero-order chi connectivity index (χ0) is 21.3. The summed E-state index contributed by atoms with van der Waals surface area (Å²) in [4.78, 5) is 12.6. The molecule has 0 saturated heterocycles. The molecule has 4 rings (SSSR count). The van der Waals surface area contributed by atoms with Gasteiger partial charge in [0.25, 0.3) is 5.22 Å². The molecule has 2 bridgehead atoms. The van der Waals surface area contributed by atoms with Gasteiger partial charge in [-0.05, 0) is 75.1 Å². The number of hydrogen-bond acceptors (Lipinski definition) is 6. The van der Waals surface area contributed by atoms with E-state index in [2.05, 4.69) is 27.2 Å². The summed E-state index contributed by atoms with van der Waals surface area (Å²) in [6, 6.07) is 6.11. The lowest BCUT2D eigenvalue weighted by Crippen LogP contribution is -2.43. The quantitative estimate of drug-likeness (QED) is 0.600. The van der Waals surface area contributed by atoms with Crippen LogP contribution in [0.25, 0.3) is 11.5 Å². The fourth-order valence-electron chi connectivity index (χ4n) is 4.71. The van der Waals surface area contributed by atoms with Crippen molar-refractivity contribution >= 4 is 17.7 Å². The zero-order valence-electron chi connectivity index (χ0n) is 16.9. The third-order valence-electron chi connectivity index (χ3n) is 6.18. The molecule has 30 heavy (non-hydrogen) atoms. The molecule has 2 aliphatic rings. The number of benzene rings is 1. The molecule has 0 aliphatic heterocycles. The Morgan fingerprint density at radius 1 is 1.20 bits per heavy atom. The van der Waals surface area contributed by atoms with Gasteiger partial charge in [0.2, 0.25) is 11.8 Å². The molecule has 162 valence electrons. The minimum Gasteiger partial charge on any atom is -0.435 e. The number of aromatic nitrogens is 2. The summed E-state index contributed by atoms with van der Waals surface area (Å²) in [6.07, 6.45) is 5.17. The number of nitrogens with zero attached hydrogens (tertiary/aromatic N) is 2. The van der Waals surface area contributed by atoms with Crippen molar-refractivity contribution in [3.63, 3.8) is 0 Å². The second-order valence-corrected chi connectivity index (χ2v) is 9.46. The van der Waals surface area contributed by atoms with E-state index in [-0.39, 0.29) is 34.1 Å². The largest absolute Gasteiger partial charge is 0.435 e. The van der Waals surface area contributed by atoms with Crippen LogP contribution in [0.1, 0.15) is 39.5 Å². The molecule has 2 fully saturated rings. The molecule has 5 unspecified atom stereocenters. The molecule has 1 heterocycles. The molecule has 0 radical (unpaired) electrons. The average molecular weight is 438 g/mol. The van der Waals surface area contributed by atoms with E-state index in [0.29, 0.717) is 11.5 Å². The van der Waals surface area contributed by atoms with Gasteiger partial charge in [0.1, 0.15) is 5.75 Å². The molecular formula is C21H25F2N3O3S. The summed E-state index contributed by atoms with van der Waals surface area (Å²) in [5.74, 6) is 2.45. The second-order valence-electron chi connectivity index (χ2n) is 8.17. The Kier molecular flexibility index (Phi) is 6.26. The number of alkyl halides is 2. The van der Waals surface area contributed by atoms with Crippen molar-refractivity contribution in [2.45, 2.75) is 62.7 Å². The molecule has 5 atom stereocenters. The van der Waals surface area contributed by atoms with Crippen molar-refractivity contribution in [3.8, 4) is 17.2 Å². The summed E-state index contributed by atoms with van der Waals surface area (Å²) in [5, 5.41) is 11.0. The first kappa shape index (κ1) is 21.1. The molecule has 2 saturated carbocycles. The number of thioether (sulfide) groups is 1. The Morgan fingerprint density at radius 2 is 1.97 bits per heavy atom. The van der Waals surface area contributed by atoms with E-state index in [0.717, 1.165) is 11.8 Å². The third kappa shape index (κ3) is 4.77. The molecule has 1 N–H and O–H groups in total. The first-order valence-electron chi connectivity index (χ1n) is 10.2. The van der Waals surface area contributed by atoms with Crippen molar-refractivity contribution in [3.05, 3.63) is 24.3 Å². The van der Waals surface area contributed by atoms with Gasteiger partial charge >= 0.3 is 6.61 Å². The maximum absolute atomic E-state index is 12.6. The maximum atomic E-state index is 12.6. The van der Waals surface area contributed by atoms with Crippen LogP contribution in [-0.4, -0.2) is 34.0 Å². The first-order chi connectivity index (χ1) is 14.4. The fourth-order valence-corrected chi connectivity index (χ4v) is 5.41. The van der Waals surface area contributed by atoms with Crippen molar-refractivity contribution < 1.29 is 22.7 Å². The maximum Gasteiger partial charge on any atom is 0.387 e. The highest BCUT2D eigenvalue weighted by Crippen LogP contribution is 2.49. The summed E-state index contributed by atoms with van der Waals surface area (Å²) in [7, 11) is 0. The van der Waals surface area contributed by atoms with E-state index >= 15 is 0 Å². The highest BCUT2D eigenvalue weighted by molar-refractivity contribution is 8.00. The van der Waals surface area contributed by atoms with Crippen LogP contribution in [0, 0.1) is 17.8 Å². The Morgan fingerprint density at radius 3 is 2.60 bits per heavy atom. The lowest BCUT2D eigenvalue weighted by molar-refractivity contribution is -0.121. The summed E-state index contributed by atoms with van der Waals surface area (Å²) >= 11 is 1.20. The van der Waals surface area contributed by atoms with Crippen LogP contribution in [0.5, 0.6) is 5.75 Å². The Balaban J connectivity index is 1.31. The number of carbonyl (C=O) groups excluding carboxylic acids is 1. The summed E-state index contributed by atoms with van der Waals surface area (Å²) < 4.78 is 34.4. The van der Waals surface area contributed by atoms with Crippen LogP contribution < -0.4 is 10.1 Å². The van der Waals surface area contributed by atoms with Gasteiger partial charge in [-0.25, -0.2) is 0 Å². The highest BCUT2D eigenvalue weighted by atomic mass is 32.2. The Bertz CT molecular complexity index is 877. The van der Waals surface area contributed by atoms with Crippen LogP contribution in [-0.2, 0) is 4.79 Å². The van der Waals surface area contributed by atoms with E-state index < -0.39 is 6.61 Å². The zero-order valence-corrected chi connectivity index (χ0v) is 17.7. The molecule has 6 nitrogen and oxygen atoms in total. The third-order valence-corrected chi connectivity index (χ3v) is 7.12. The standard InChI is InChI=1S/C21H25F2N3O3S/c1-11(17-10-13-3-4-15(17)9-13)24-18(27)12(2)30-21-26-25-19(29-21)14-5-7-16(8-6-14)28-20(22)23/h5-8,11-13,15,17,20H,3-4,9-10H2,1-2H3,(H,24,27). The summed E-state index contributed by atoms with van der Waals surface area (Å²) in [6.45, 7) is 1.04. The van der Waals surface area contributed by atoms with E-state index in [9.17, 15) is 13.6 Å². The average Bonchev–Trinajstić information content (AvgIpc) is 3.45. The van der Waals surface area contributed by atoms with Gasteiger partial charge in [-0.2, -0.15) is 8.78 Å². The highest BCUT2D eigenvalue weighted by Gasteiger charge is 2.42. The molecule has 2 aromatic rings. The van der Waals surface area contributed by atoms with Gasteiger partial charge in [0.15, 0.2) is 0 Å². The first-order valence-corrected chi connectivity index (χ1v) is 11.1. The minimum absolute atomic E-state index is 0.0384. The second kappa shape index (κ2) is 8.91. The lowest BCUT2D eigenvalue weighted by Gasteiger charge is -2.29. The van der Waals surface area contributed by atoms with Crippen molar-refractivity contribution in [2.75, 3.05) is 0 Å². The van der Waals surface area contributed by atoms with Crippen LogP contribution in [0.3, 0.4) is 0 Å². The van der Waals surface area contributed by atoms with E-state index in [1.54, 1.807) is 12.1 Å². The predicted octanol–water partition coefficient (Wildman–Crippen LogP) is 4.76. The number of fused-ring (bicyclic) bond motifs is 2. The van der Waals surface area contributed by atoms with Crippen LogP contribution in [0.2, 0.25) is 0 Å². The minimum atomic E-state index is -2.87. The molecule has 9 heteroatoms. The van der Waals surface area contributed by atoms with Gasteiger partial charge in [-0.3, -0.25) is 4.79 Å². The number of carbonyl (C=O) groups is 1. The van der Waals surface area contributed by atoms with Crippen LogP contribution >= 0.6 is 11.8 Å². The molecule has 1 amide bonds. The number of ether oxygens (including phenoxy) is 1. The van der Waals surface area contributed by atoms with E-state index in [1.807, 2.05) is 6.92 Å². The smallest absolute Gasteiger partial charge is 0.387 e. The number of rotatable bonds is 8. The monoisotopic (exact) mass is 437 g/mol. The predicted molar refractivity (Wildman–Crippen MR) is 108 cm³/mol. The topological polar surface area (TPSA) is 77.2 Å². The van der Waals surface area contributed by atoms with E-state index in [4.69, 9.17) is 4.42 Å². The van der Waals surface area contributed by atoms with Crippen LogP contribution in [0.4, 0.5) is 8.78 Å². The number of nitrogens with one attached hydrogen (secondary N) is 1. The Hall–Kier alpha value is -2.16. The van der Waals surface area contributed by atoms with Gasteiger partial charge in [0.05, 0.1) is 5.25 Å². The van der Waals surface area contributed by atoms with Gasteiger partial charge in [0, 0.05) is 11.6 Å². The molecule has 1 aromatic carbocycles. The molecule has 0 spiro atoms.